The van der Waals surface area contributed by atoms with Gasteiger partial charge in [0.15, 0.2) is 0 Å². The fourth-order valence-corrected chi connectivity index (χ4v) is 3.34. The first-order chi connectivity index (χ1) is 8.88. The Bertz CT molecular complexity index is 555. The summed E-state index contributed by atoms with van der Waals surface area (Å²) < 4.78 is 2.18. The van der Waals surface area contributed by atoms with Crippen LogP contribution in [0.15, 0.2) is 59.5 Å². The second-order valence-electron chi connectivity index (χ2n) is 4.27. The average molecular weight is 255 g/mol. The number of para-hydroxylation sites is 1. The number of fused-ring (bicyclic) bond motifs is 1. The van der Waals surface area contributed by atoms with Crippen molar-refractivity contribution in [2.75, 3.05) is 10.8 Å². The quantitative estimate of drug-likeness (QED) is 0.605. The number of benzene rings is 2. The molecule has 1 heterocycles. The third-order valence-electron chi connectivity index (χ3n) is 3.10. The molecule has 0 spiro atoms. The molecule has 1 aliphatic heterocycles. The van der Waals surface area contributed by atoms with E-state index in [4.69, 9.17) is 0 Å². The summed E-state index contributed by atoms with van der Waals surface area (Å²) in [6.45, 7) is 0.731. The molecular formula is C15H13NOS. The molecule has 2 nitrogen and oxygen atoms in total. The summed E-state index contributed by atoms with van der Waals surface area (Å²) in [6, 6.07) is 18.3. The van der Waals surface area contributed by atoms with E-state index in [1.54, 1.807) is 11.9 Å². The van der Waals surface area contributed by atoms with Crippen LogP contribution >= 0.6 is 11.9 Å². The zero-order valence-electron chi connectivity index (χ0n) is 9.82. The normalized spacial score (nSPS) is 18.2. The highest BCUT2D eigenvalue weighted by molar-refractivity contribution is 8.00. The Morgan fingerprint density at radius 2 is 1.78 bits per heavy atom. The Balaban J connectivity index is 1.97. The molecule has 18 heavy (non-hydrogen) atoms. The molecule has 0 amide bonds. The second kappa shape index (κ2) is 4.86. The van der Waals surface area contributed by atoms with Gasteiger partial charge >= 0.3 is 0 Å². The zero-order chi connectivity index (χ0) is 12.4. The average Bonchev–Trinajstić information content (AvgIpc) is 2.47. The van der Waals surface area contributed by atoms with E-state index in [0.717, 1.165) is 24.1 Å². The summed E-state index contributed by atoms with van der Waals surface area (Å²) in [5, 5.41) is 0. The fraction of sp³-hybridized carbons (Fsp3) is 0.133. The van der Waals surface area contributed by atoms with Crippen LogP contribution in [0.1, 0.15) is 11.5 Å². The molecule has 0 N–H and O–H groups in total. The van der Waals surface area contributed by atoms with Crippen molar-refractivity contribution in [3.8, 4) is 0 Å². The molecular weight excluding hydrogens is 242 g/mol. The van der Waals surface area contributed by atoms with Gasteiger partial charge in [-0.25, -0.2) is 0 Å². The van der Waals surface area contributed by atoms with Gasteiger partial charge in [-0.05, 0) is 35.7 Å². The minimum absolute atomic E-state index is 0.0392. The summed E-state index contributed by atoms with van der Waals surface area (Å²) in [4.78, 5) is 12.4. The first-order valence-corrected chi connectivity index (χ1v) is 6.70. The van der Waals surface area contributed by atoms with E-state index in [0.29, 0.717) is 0 Å². The lowest BCUT2D eigenvalue weighted by atomic mass is 10.00. The van der Waals surface area contributed by atoms with Crippen molar-refractivity contribution in [3.05, 3.63) is 60.2 Å². The summed E-state index contributed by atoms with van der Waals surface area (Å²) in [6.07, 6.45) is 1.05. The molecule has 0 aliphatic carbocycles. The van der Waals surface area contributed by atoms with Crippen LogP contribution in [0, 0.1) is 0 Å². The number of anilines is 1. The number of nitrogens with zero attached hydrogens (tertiary/aromatic N) is 1. The van der Waals surface area contributed by atoms with Gasteiger partial charge in [-0.2, -0.15) is 0 Å². The van der Waals surface area contributed by atoms with Crippen LogP contribution in [-0.4, -0.2) is 12.8 Å². The number of carbonyl (C=O) groups excluding carboxylic acids is 1. The van der Waals surface area contributed by atoms with E-state index in [2.05, 4.69) is 22.5 Å². The summed E-state index contributed by atoms with van der Waals surface area (Å²) in [7, 11) is 0. The monoisotopic (exact) mass is 255 g/mol. The van der Waals surface area contributed by atoms with E-state index < -0.39 is 0 Å². The number of aldehydes is 1. The Morgan fingerprint density at radius 3 is 2.56 bits per heavy atom. The molecule has 90 valence electrons. The maximum Gasteiger partial charge on any atom is 0.129 e. The van der Waals surface area contributed by atoms with Gasteiger partial charge in [-0.1, -0.05) is 36.4 Å². The molecule has 2 aromatic rings. The molecule has 3 rings (SSSR count). The van der Waals surface area contributed by atoms with Gasteiger partial charge in [0.1, 0.15) is 6.29 Å². The molecule has 0 saturated carbocycles. The standard InChI is InChI=1S/C15H13NOS/c17-11-12-10-16(13-6-2-1-3-7-13)18-15-9-5-4-8-14(12)15/h1-9,11-12H,10H2. The highest BCUT2D eigenvalue weighted by Gasteiger charge is 2.25. The van der Waals surface area contributed by atoms with Crippen LogP contribution in [-0.2, 0) is 4.79 Å². The third-order valence-corrected chi connectivity index (χ3v) is 4.25. The molecule has 0 fully saturated rings. The van der Waals surface area contributed by atoms with Gasteiger partial charge < -0.3 is 9.10 Å². The fourth-order valence-electron chi connectivity index (χ4n) is 2.17. The van der Waals surface area contributed by atoms with Crippen molar-refractivity contribution in [2.45, 2.75) is 10.8 Å². The Kier molecular flexibility index (Phi) is 3.07. The van der Waals surface area contributed by atoms with Gasteiger partial charge in [0.05, 0.1) is 5.92 Å². The zero-order valence-corrected chi connectivity index (χ0v) is 10.6. The molecule has 2 aromatic carbocycles. The lowest BCUT2D eigenvalue weighted by Gasteiger charge is -2.32. The predicted octanol–water partition coefficient (Wildman–Crippen LogP) is 3.50. The van der Waals surface area contributed by atoms with Crippen molar-refractivity contribution in [3.63, 3.8) is 0 Å². The van der Waals surface area contributed by atoms with Crippen LogP contribution in [0.4, 0.5) is 5.69 Å². The minimum atomic E-state index is -0.0392. The van der Waals surface area contributed by atoms with E-state index in [1.807, 2.05) is 36.4 Å². The highest BCUT2D eigenvalue weighted by Crippen LogP contribution is 2.39. The molecule has 0 aromatic heterocycles. The van der Waals surface area contributed by atoms with Crippen molar-refractivity contribution < 1.29 is 4.79 Å². The van der Waals surface area contributed by atoms with Gasteiger partial charge in [-0.15, -0.1) is 0 Å². The van der Waals surface area contributed by atoms with Crippen molar-refractivity contribution in [1.29, 1.82) is 0 Å². The largest absolute Gasteiger partial charge is 0.311 e. The van der Waals surface area contributed by atoms with Crippen molar-refractivity contribution >= 4 is 23.9 Å². The topological polar surface area (TPSA) is 20.3 Å². The van der Waals surface area contributed by atoms with Gasteiger partial charge in [0.25, 0.3) is 0 Å². The molecule has 0 radical (unpaired) electrons. The Morgan fingerprint density at radius 1 is 1.06 bits per heavy atom. The predicted molar refractivity (Wildman–Crippen MR) is 74.9 cm³/mol. The van der Waals surface area contributed by atoms with E-state index in [1.165, 1.54) is 4.90 Å². The number of carbonyl (C=O) groups is 1. The molecule has 1 unspecified atom stereocenters. The minimum Gasteiger partial charge on any atom is -0.311 e. The summed E-state index contributed by atoms with van der Waals surface area (Å²) in [5.74, 6) is -0.0392. The summed E-state index contributed by atoms with van der Waals surface area (Å²) >= 11 is 1.70. The molecule has 0 bridgehead atoms. The third kappa shape index (κ3) is 2.02. The molecule has 3 heteroatoms. The summed E-state index contributed by atoms with van der Waals surface area (Å²) in [5.41, 5.74) is 2.29. The van der Waals surface area contributed by atoms with Crippen LogP contribution < -0.4 is 4.31 Å². The van der Waals surface area contributed by atoms with Gasteiger partial charge in [-0.3, -0.25) is 0 Å². The maximum absolute atomic E-state index is 11.3. The number of rotatable bonds is 2. The molecule has 0 saturated heterocycles. The van der Waals surface area contributed by atoms with Gasteiger partial charge in [0.2, 0.25) is 0 Å². The maximum atomic E-state index is 11.3. The number of hydrogen-bond acceptors (Lipinski definition) is 3. The van der Waals surface area contributed by atoms with E-state index in [-0.39, 0.29) is 5.92 Å². The first kappa shape index (κ1) is 11.4. The number of hydrogen-bond donors (Lipinski definition) is 0. The first-order valence-electron chi connectivity index (χ1n) is 5.93. The van der Waals surface area contributed by atoms with E-state index in [9.17, 15) is 4.79 Å². The lowest BCUT2D eigenvalue weighted by molar-refractivity contribution is -0.108. The Hall–Kier alpha value is -1.74. The van der Waals surface area contributed by atoms with Crippen LogP contribution in [0.2, 0.25) is 0 Å². The SMILES string of the molecule is O=CC1CN(c2ccccc2)Sc2ccccc21. The Labute approximate surface area is 111 Å². The van der Waals surface area contributed by atoms with Crippen molar-refractivity contribution in [1.82, 2.24) is 0 Å². The van der Waals surface area contributed by atoms with Crippen molar-refractivity contribution in [2.24, 2.45) is 0 Å². The van der Waals surface area contributed by atoms with Crippen LogP contribution in [0.25, 0.3) is 0 Å². The lowest BCUT2D eigenvalue weighted by Crippen LogP contribution is -2.27. The van der Waals surface area contributed by atoms with Gasteiger partial charge in [0, 0.05) is 17.1 Å². The highest BCUT2D eigenvalue weighted by atomic mass is 32.2. The van der Waals surface area contributed by atoms with E-state index >= 15 is 0 Å². The van der Waals surface area contributed by atoms with Crippen LogP contribution in [0.3, 0.4) is 0 Å². The molecule has 1 atom stereocenters. The molecule has 1 aliphatic rings. The van der Waals surface area contributed by atoms with Crippen LogP contribution in [0.5, 0.6) is 0 Å². The smallest absolute Gasteiger partial charge is 0.129 e. The second-order valence-corrected chi connectivity index (χ2v) is 5.33.